The van der Waals surface area contributed by atoms with Crippen LogP contribution >= 0.6 is 0 Å². The van der Waals surface area contributed by atoms with Crippen LogP contribution in [-0.4, -0.2) is 6.61 Å². The van der Waals surface area contributed by atoms with E-state index >= 15 is 0 Å². The Kier molecular flexibility index (Phi) is 7.41. The first-order valence-corrected chi connectivity index (χ1v) is 6.70. The minimum Gasteiger partial charge on any atom is -0.501 e. The van der Waals surface area contributed by atoms with Crippen LogP contribution in [-0.2, 0) is 4.74 Å². The van der Waals surface area contributed by atoms with Gasteiger partial charge in [-0.2, -0.15) is 0 Å². The van der Waals surface area contributed by atoms with Gasteiger partial charge in [-0.25, -0.2) is 0 Å². The summed E-state index contributed by atoms with van der Waals surface area (Å²) < 4.78 is 5.59. The molecule has 15 heavy (non-hydrogen) atoms. The Morgan fingerprint density at radius 1 is 1.07 bits per heavy atom. The smallest absolute Gasteiger partial charge is 0.0901 e. The fraction of sp³-hybridized carbons (Fsp3) is 0.857. The van der Waals surface area contributed by atoms with E-state index in [1.54, 1.807) is 0 Å². The summed E-state index contributed by atoms with van der Waals surface area (Å²) in [6.07, 6.45) is 16.3. The minimum absolute atomic E-state index is 0.816. The predicted molar refractivity (Wildman–Crippen MR) is 65.8 cm³/mol. The number of ether oxygens (including phenoxy) is 1. The van der Waals surface area contributed by atoms with E-state index in [1.165, 1.54) is 51.4 Å². The van der Waals surface area contributed by atoms with Crippen LogP contribution in [0.25, 0.3) is 0 Å². The lowest BCUT2D eigenvalue weighted by molar-refractivity contribution is 0.172. The predicted octanol–water partition coefficient (Wildman–Crippen LogP) is 4.68. The number of hydrogen-bond donors (Lipinski definition) is 0. The second-order valence-electron chi connectivity index (χ2n) is 4.70. The number of hydrogen-bond acceptors (Lipinski definition) is 1. The highest BCUT2D eigenvalue weighted by Gasteiger charge is 2.10. The summed E-state index contributed by atoms with van der Waals surface area (Å²) in [6, 6.07) is 0. The molecule has 0 saturated heterocycles. The fourth-order valence-corrected chi connectivity index (χ4v) is 2.20. The average molecular weight is 210 g/mol. The SMILES string of the molecule is CCCC=COCC1CCCCCCC1. The van der Waals surface area contributed by atoms with E-state index in [0.29, 0.717) is 0 Å². The molecule has 0 spiro atoms. The molecule has 0 aliphatic heterocycles. The van der Waals surface area contributed by atoms with Crippen molar-refractivity contribution in [3.05, 3.63) is 12.3 Å². The lowest BCUT2D eigenvalue weighted by atomic mass is 9.92. The van der Waals surface area contributed by atoms with E-state index < -0.39 is 0 Å². The van der Waals surface area contributed by atoms with Crippen LogP contribution in [0.2, 0.25) is 0 Å². The zero-order chi connectivity index (χ0) is 10.8. The third-order valence-electron chi connectivity index (χ3n) is 3.20. The molecule has 0 radical (unpaired) electrons. The van der Waals surface area contributed by atoms with E-state index in [9.17, 15) is 0 Å². The molecule has 1 nitrogen and oxygen atoms in total. The lowest BCUT2D eigenvalue weighted by Crippen LogP contribution is -2.09. The molecular formula is C14H26O. The topological polar surface area (TPSA) is 9.23 Å². The molecule has 1 rings (SSSR count). The molecular weight excluding hydrogens is 184 g/mol. The first kappa shape index (κ1) is 12.6. The molecule has 0 heterocycles. The quantitative estimate of drug-likeness (QED) is 0.599. The van der Waals surface area contributed by atoms with Crippen LogP contribution in [0.3, 0.4) is 0 Å². The van der Waals surface area contributed by atoms with Crippen LogP contribution in [0.4, 0.5) is 0 Å². The third-order valence-corrected chi connectivity index (χ3v) is 3.20. The normalized spacial score (nSPS) is 20.1. The van der Waals surface area contributed by atoms with E-state index in [2.05, 4.69) is 13.0 Å². The molecule has 0 atom stereocenters. The van der Waals surface area contributed by atoms with Gasteiger partial charge in [-0.05, 0) is 31.3 Å². The van der Waals surface area contributed by atoms with Crippen molar-refractivity contribution in [1.29, 1.82) is 0 Å². The Hall–Kier alpha value is -0.460. The maximum absolute atomic E-state index is 5.59. The molecule has 1 aliphatic rings. The van der Waals surface area contributed by atoms with Gasteiger partial charge in [0.1, 0.15) is 0 Å². The van der Waals surface area contributed by atoms with Crippen LogP contribution in [0.1, 0.15) is 64.7 Å². The molecule has 0 N–H and O–H groups in total. The standard InChI is InChI=1S/C14H26O/c1-2-3-9-12-15-13-14-10-7-5-4-6-8-11-14/h9,12,14H,2-8,10-11,13H2,1H3. The van der Waals surface area contributed by atoms with Crippen molar-refractivity contribution in [3.8, 4) is 0 Å². The van der Waals surface area contributed by atoms with Crippen molar-refractivity contribution in [2.45, 2.75) is 64.7 Å². The Balaban J connectivity index is 2.07. The largest absolute Gasteiger partial charge is 0.501 e. The Labute approximate surface area is 94.9 Å². The number of allylic oxidation sites excluding steroid dienone is 1. The molecule has 0 aromatic rings. The molecule has 1 fully saturated rings. The van der Waals surface area contributed by atoms with Crippen LogP contribution in [0.15, 0.2) is 12.3 Å². The molecule has 0 unspecified atom stereocenters. The van der Waals surface area contributed by atoms with Crippen molar-refractivity contribution in [2.24, 2.45) is 5.92 Å². The number of unbranched alkanes of at least 4 members (excludes halogenated alkanes) is 1. The first-order valence-electron chi connectivity index (χ1n) is 6.70. The van der Waals surface area contributed by atoms with Gasteiger partial charge in [0.15, 0.2) is 0 Å². The maximum Gasteiger partial charge on any atom is 0.0901 e. The average Bonchev–Trinajstić information content (AvgIpc) is 2.20. The van der Waals surface area contributed by atoms with Gasteiger partial charge in [-0.1, -0.05) is 45.4 Å². The molecule has 1 heteroatoms. The molecule has 0 aromatic heterocycles. The van der Waals surface area contributed by atoms with Gasteiger partial charge in [-0.15, -0.1) is 0 Å². The number of rotatable bonds is 5. The monoisotopic (exact) mass is 210 g/mol. The summed E-state index contributed by atoms with van der Waals surface area (Å²) in [5.41, 5.74) is 0. The second-order valence-corrected chi connectivity index (χ2v) is 4.70. The molecule has 0 amide bonds. The third kappa shape index (κ3) is 6.59. The molecule has 0 aromatic carbocycles. The Bertz CT molecular complexity index is 155. The summed E-state index contributed by atoms with van der Waals surface area (Å²) in [4.78, 5) is 0. The Morgan fingerprint density at radius 2 is 1.73 bits per heavy atom. The highest BCUT2D eigenvalue weighted by molar-refractivity contribution is 4.73. The van der Waals surface area contributed by atoms with Gasteiger partial charge in [0.05, 0.1) is 12.9 Å². The summed E-state index contributed by atoms with van der Waals surface area (Å²) in [6.45, 7) is 3.14. The van der Waals surface area contributed by atoms with Crippen molar-refractivity contribution in [3.63, 3.8) is 0 Å². The fourth-order valence-electron chi connectivity index (χ4n) is 2.20. The van der Waals surface area contributed by atoms with E-state index in [4.69, 9.17) is 4.74 Å². The minimum atomic E-state index is 0.816. The molecule has 1 aliphatic carbocycles. The van der Waals surface area contributed by atoms with E-state index in [-0.39, 0.29) is 0 Å². The van der Waals surface area contributed by atoms with Gasteiger partial charge >= 0.3 is 0 Å². The van der Waals surface area contributed by atoms with E-state index in [1.807, 2.05) is 6.26 Å². The van der Waals surface area contributed by atoms with Crippen LogP contribution < -0.4 is 0 Å². The molecule has 0 bridgehead atoms. The van der Waals surface area contributed by atoms with Gasteiger partial charge in [-0.3, -0.25) is 0 Å². The van der Waals surface area contributed by atoms with Crippen molar-refractivity contribution < 1.29 is 4.74 Å². The van der Waals surface area contributed by atoms with E-state index in [0.717, 1.165) is 18.9 Å². The van der Waals surface area contributed by atoms with Crippen LogP contribution in [0, 0.1) is 5.92 Å². The van der Waals surface area contributed by atoms with Crippen molar-refractivity contribution >= 4 is 0 Å². The highest BCUT2D eigenvalue weighted by atomic mass is 16.5. The van der Waals surface area contributed by atoms with Gasteiger partial charge in [0, 0.05) is 0 Å². The summed E-state index contributed by atoms with van der Waals surface area (Å²) >= 11 is 0. The van der Waals surface area contributed by atoms with Gasteiger partial charge in [0.25, 0.3) is 0 Å². The van der Waals surface area contributed by atoms with Crippen molar-refractivity contribution in [1.82, 2.24) is 0 Å². The molecule has 1 saturated carbocycles. The maximum atomic E-state index is 5.59. The van der Waals surface area contributed by atoms with Gasteiger partial charge in [0.2, 0.25) is 0 Å². The first-order chi connectivity index (χ1) is 7.43. The zero-order valence-electron chi connectivity index (χ0n) is 10.2. The summed E-state index contributed by atoms with van der Waals surface area (Å²) in [5.74, 6) is 0.816. The van der Waals surface area contributed by atoms with Gasteiger partial charge < -0.3 is 4.74 Å². The summed E-state index contributed by atoms with van der Waals surface area (Å²) in [7, 11) is 0. The second kappa shape index (κ2) is 8.82. The Morgan fingerprint density at radius 3 is 2.40 bits per heavy atom. The highest BCUT2D eigenvalue weighted by Crippen LogP contribution is 2.22. The summed E-state index contributed by atoms with van der Waals surface area (Å²) in [5, 5.41) is 0. The molecule has 88 valence electrons. The van der Waals surface area contributed by atoms with Crippen LogP contribution in [0.5, 0.6) is 0 Å². The zero-order valence-corrected chi connectivity index (χ0v) is 10.2. The van der Waals surface area contributed by atoms with Crippen molar-refractivity contribution in [2.75, 3.05) is 6.61 Å². The lowest BCUT2D eigenvalue weighted by Gasteiger charge is -2.18.